The van der Waals surface area contributed by atoms with Gasteiger partial charge in [0.2, 0.25) is 11.8 Å². The molecule has 2 heterocycles. The number of piperazine rings is 1. The summed E-state index contributed by atoms with van der Waals surface area (Å²) in [6, 6.07) is 5.26. The van der Waals surface area contributed by atoms with Crippen molar-refractivity contribution in [3.8, 4) is 0 Å². The van der Waals surface area contributed by atoms with Crippen LogP contribution in [0.4, 0.5) is 10.2 Å². The summed E-state index contributed by atoms with van der Waals surface area (Å²) in [7, 11) is 0. The highest BCUT2D eigenvalue weighted by molar-refractivity contribution is 8.00. The summed E-state index contributed by atoms with van der Waals surface area (Å²) in [5.74, 6) is 0.0291. The molecule has 1 saturated heterocycles. The highest BCUT2D eigenvalue weighted by atomic mass is 35.5. The first kappa shape index (κ1) is 22.1. The van der Waals surface area contributed by atoms with Crippen LogP contribution in [0.3, 0.4) is 0 Å². The minimum atomic E-state index is -0.505. The van der Waals surface area contributed by atoms with Gasteiger partial charge in [-0.05, 0) is 25.1 Å². The molecule has 1 fully saturated rings. The Hall–Kier alpha value is -2.59. The lowest BCUT2D eigenvalue weighted by atomic mass is 10.1. The molecule has 0 bridgehead atoms. The molecule has 0 unspecified atom stereocenters. The first-order valence-electron chi connectivity index (χ1n) is 9.16. The van der Waals surface area contributed by atoms with E-state index in [1.807, 2.05) is 0 Å². The van der Waals surface area contributed by atoms with Gasteiger partial charge in [0.15, 0.2) is 5.82 Å². The number of nitrogens with one attached hydrogen (secondary N) is 1. The summed E-state index contributed by atoms with van der Waals surface area (Å²) in [6.07, 6.45) is 0. The minimum absolute atomic E-state index is 0.0639. The number of thioether (sulfide) groups is 1. The summed E-state index contributed by atoms with van der Waals surface area (Å²) in [5.41, 5.74) is 0.238. The number of amides is 3. The fourth-order valence-corrected chi connectivity index (χ4v) is 3.88. The molecule has 8 nitrogen and oxygen atoms in total. The predicted molar refractivity (Wildman–Crippen MR) is 111 cm³/mol. The Morgan fingerprint density at radius 3 is 2.50 bits per heavy atom. The minimum Gasteiger partial charge on any atom is -0.360 e. The highest BCUT2D eigenvalue weighted by Gasteiger charge is 2.26. The molecule has 1 N–H and O–H groups in total. The van der Waals surface area contributed by atoms with Crippen molar-refractivity contribution in [2.24, 2.45) is 0 Å². The van der Waals surface area contributed by atoms with Gasteiger partial charge in [-0.2, -0.15) is 0 Å². The number of anilines is 1. The first-order valence-corrected chi connectivity index (χ1v) is 10.7. The SMILES string of the molecule is Cc1cc(NC(=O)CSCC(=O)N2CCN(C(=O)c3ccc(F)cc3Cl)CC2)no1. The molecule has 30 heavy (non-hydrogen) atoms. The fourth-order valence-electron chi connectivity index (χ4n) is 2.92. The molecule has 1 aliphatic heterocycles. The van der Waals surface area contributed by atoms with Crippen LogP contribution >= 0.6 is 23.4 Å². The third-order valence-corrected chi connectivity index (χ3v) is 5.67. The van der Waals surface area contributed by atoms with Gasteiger partial charge in [0.05, 0.1) is 22.1 Å². The number of rotatable bonds is 6. The predicted octanol–water partition coefficient (Wildman–Crippen LogP) is 2.43. The van der Waals surface area contributed by atoms with Gasteiger partial charge >= 0.3 is 0 Å². The van der Waals surface area contributed by atoms with Crippen molar-refractivity contribution in [1.82, 2.24) is 15.0 Å². The molecule has 3 amide bonds. The van der Waals surface area contributed by atoms with Crippen LogP contribution in [0.15, 0.2) is 28.8 Å². The van der Waals surface area contributed by atoms with Crippen molar-refractivity contribution in [2.75, 3.05) is 43.0 Å². The number of hydrogen-bond acceptors (Lipinski definition) is 6. The number of aromatic nitrogens is 1. The van der Waals surface area contributed by atoms with Crippen LogP contribution in [0.5, 0.6) is 0 Å². The number of nitrogens with zero attached hydrogens (tertiary/aromatic N) is 3. The van der Waals surface area contributed by atoms with Gasteiger partial charge in [0.1, 0.15) is 11.6 Å². The summed E-state index contributed by atoms with van der Waals surface area (Å²) < 4.78 is 18.0. The van der Waals surface area contributed by atoms with Gasteiger partial charge in [-0.25, -0.2) is 4.39 Å². The van der Waals surface area contributed by atoms with Gasteiger partial charge < -0.3 is 19.6 Å². The topological polar surface area (TPSA) is 95.8 Å². The van der Waals surface area contributed by atoms with Crippen LogP contribution < -0.4 is 5.32 Å². The Bertz CT molecular complexity index is 946. The molecule has 2 aromatic rings. The second-order valence-electron chi connectivity index (χ2n) is 6.66. The molecule has 160 valence electrons. The van der Waals surface area contributed by atoms with E-state index in [2.05, 4.69) is 10.5 Å². The quantitative estimate of drug-likeness (QED) is 0.720. The lowest BCUT2D eigenvalue weighted by Gasteiger charge is -2.35. The van der Waals surface area contributed by atoms with Gasteiger partial charge in [-0.3, -0.25) is 14.4 Å². The lowest BCUT2D eigenvalue weighted by Crippen LogP contribution is -2.51. The van der Waals surface area contributed by atoms with E-state index in [1.54, 1.807) is 22.8 Å². The summed E-state index contributed by atoms with van der Waals surface area (Å²) >= 11 is 7.16. The molecule has 11 heteroatoms. The van der Waals surface area contributed by atoms with Crippen molar-refractivity contribution in [3.05, 3.63) is 46.4 Å². The van der Waals surface area contributed by atoms with Gasteiger partial charge in [-0.15, -0.1) is 11.8 Å². The van der Waals surface area contributed by atoms with Crippen molar-refractivity contribution in [2.45, 2.75) is 6.92 Å². The second-order valence-corrected chi connectivity index (χ2v) is 8.05. The van der Waals surface area contributed by atoms with Crippen LogP contribution in [-0.4, -0.2) is 70.4 Å². The smallest absolute Gasteiger partial charge is 0.255 e. The van der Waals surface area contributed by atoms with E-state index in [0.29, 0.717) is 37.8 Å². The third kappa shape index (κ3) is 5.73. The summed E-state index contributed by atoms with van der Waals surface area (Å²) in [5, 5.41) is 6.33. The van der Waals surface area contributed by atoms with Gasteiger partial charge in [0, 0.05) is 32.2 Å². The van der Waals surface area contributed by atoms with Gasteiger partial charge in [-0.1, -0.05) is 16.8 Å². The Morgan fingerprint density at radius 2 is 1.87 bits per heavy atom. The zero-order valence-electron chi connectivity index (χ0n) is 16.2. The molecule has 0 radical (unpaired) electrons. The van der Waals surface area contributed by atoms with E-state index >= 15 is 0 Å². The van der Waals surface area contributed by atoms with Crippen molar-refractivity contribution >= 4 is 46.9 Å². The van der Waals surface area contributed by atoms with E-state index < -0.39 is 5.82 Å². The van der Waals surface area contributed by atoms with Crippen LogP contribution in [0, 0.1) is 12.7 Å². The Balaban J connectivity index is 1.40. The Kier molecular flexibility index (Phi) is 7.33. The molecule has 0 aliphatic carbocycles. The number of aryl methyl sites for hydroxylation is 1. The maximum absolute atomic E-state index is 13.2. The molecular weight excluding hydrogens is 435 g/mol. The molecule has 1 aliphatic rings. The van der Waals surface area contributed by atoms with Crippen molar-refractivity contribution in [3.63, 3.8) is 0 Å². The summed E-state index contributed by atoms with van der Waals surface area (Å²) in [4.78, 5) is 40.0. The molecule has 0 spiro atoms. The van der Waals surface area contributed by atoms with E-state index in [1.165, 1.54) is 23.9 Å². The molecule has 3 rings (SSSR count). The first-order chi connectivity index (χ1) is 14.3. The van der Waals surface area contributed by atoms with Crippen LogP contribution in [0.1, 0.15) is 16.1 Å². The average molecular weight is 455 g/mol. The monoisotopic (exact) mass is 454 g/mol. The standard InChI is InChI=1S/C19H20ClFN4O4S/c1-12-8-16(23-29-12)22-17(26)10-30-11-18(27)24-4-6-25(7-5-24)19(28)14-3-2-13(21)9-15(14)20/h2-3,8-9H,4-7,10-11H2,1H3,(H,22,23,26). The zero-order valence-corrected chi connectivity index (χ0v) is 17.8. The van der Waals surface area contributed by atoms with E-state index in [9.17, 15) is 18.8 Å². The van der Waals surface area contributed by atoms with E-state index in [4.69, 9.17) is 16.1 Å². The van der Waals surface area contributed by atoms with Crippen LogP contribution in [-0.2, 0) is 9.59 Å². The molecular formula is C19H20ClFN4O4S. The number of hydrogen-bond donors (Lipinski definition) is 1. The largest absolute Gasteiger partial charge is 0.360 e. The highest BCUT2D eigenvalue weighted by Crippen LogP contribution is 2.20. The van der Waals surface area contributed by atoms with Crippen molar-refractivity contribution in [1.29, 1.82) is 0 Å². The normalized spacial score (nSPS) is 14.0. The number of halogens is 2. The zero-order chi connectivity index (χ0) is 21.7. The molecule has 0 atom stereocenters. The average Bonchev–Trinajstić information content (AvgIpc) is 3.12. The second kappa shape index (κ2) is 9.94. The Labute approximate surface area is 181 Å². The number of benzene rings is 1. The van der Waals surface area contributed by atoms with Crippen LogP contribution in [0.25, 0.3) is 0 Å². The summed E-state index contributed by atoms with van der Waals surface area (Å²) in [6.45, 7) is 3.20. The molecule has 0 saturated carbocycles. The number of carbonyl (C=O) groups is 3. The maximum atomic E-state index is 13.2. The van der Waals surface area contributed by atoms with E-state index in [-0.39, 0.29) is 39.8 Å². The molecule has 1 aromatic carbocycles. The lowest BCUT2D eigenvalue weighted by molar-refractivity contribution is -0.129. The third-order valence-electron chi connectivity index (χ3n) is 4.44. The maximum Gasteiger partial charge on any atom is 0.255 e. The Morgan fingerprint density at radius 1 is 1.17 bits per heavy atom. The fraction of sp³-hybridized carbons (Fsp3) is 0.368. The molecule has 1 aromatic heterocycles. The van der Waals surface area contributed by atoms with Crippen molar-refractivity contribution < 1.29 is 23.3 Å². The van der Waals surface area contributed by atoms with Crippen LogP contribution in [0.2, 0.25) is 5.02 Å². The number of carbonyl (C=O) groups excluding carboxylic acids is 3. The van der Waals surface area contributed by atoms with E-state index in [0.717, 1.165) is 6.07 Å². The van der Waals surface area contributed by atoms with Gasteiger partial charge in [0.25, 0.3) is 5.91 Å².